The number of amides is 1. The van der Waals surface area contributed by atoms with E-state index in [0.717, 1.165) is 57.2 Å². The molecule has 0 aliphatic carbocycles. The standard InChI is InChI=1S/C22H43N5O6/c1-25-13-7-10-15(23)9-5-3-4-6-12-17(24)27-14-8-11-16(28)18(29)19(30)20(31)21(32)22(33)26-2/h18-21,23,25,29-32H,3-14H2,1-2H3,(H2,24,27)(H,26,33)/p+1/t18-,19+,20+,21-/m0/s1. The van der Waals surface area contributed by atoms with Crippen molar-refractivity contribution < 1.29 is 35.4 Å². The summed E-state index contributed by atoms with van der Waals surface area (Å²) in [7, 11) is 3.17. The maximum Gasteiger partial charge on any atom is 0.251 e. The Kier molecular flexibility index (Phi) is 17.4. The summed E-state index contributed by atoms with van der Waals surface area (Å²) in [6.07, 6.45) is 0.0742. The van der Waals surface area contributed by atoms with E-state index in [1.807, 2.05) is 7.05 Å². The summed E-state index contributed by atoms with van der Waals surface area (Å²) < 4.78 is 0. The number of Topliss-reactive ketones (excluding diaryl/α,β-unsaturated/α-hetero) is 1. The van der Waals surface area contributed by atoms with Gasteiger partial charge in [0, 0.05) is 39.3 Å². The van der Waals surface area contributed by atoms with Crippen LogP contribution in [0.2, 0.25) is 0 Å². The number of hydrogen-bond donors (Lipinski definition) is 8. The van der Waals surface area contributed by atoms with Crippen LogP contribution < -0.4 is 21.8 Å². The Balaban J connectivity index is 4.01. The molecule has 0 aliphatic rings. The second-order valence-corrected chi connectivity index (χ2v) is 8.21. The van der Waals surface area contributed by atoms with Crippen LogP contribution in [0.4, 0.5) is 0 Å². The highest BCUT2D eigenvalue weighted by Gasteiger charge is 2.36. The molecule has 10 N–H and O–H groups in total. The molecule has 0 unspecified atom stereocenters. The minimum absolute atomic E-state index is 0.0932. The van der Waals surface area contributed by atoms with Gasteiger partial charge >= 0.3 is 0 Å². The van der Waals surface area contributed by atoms with E-state index in [-0.39, 0.29) is 6.42 Å². The molecule has 33 heavy (non-hydrogen) atoms. The first kappa shape index (κ1) is 31.1. The van der Waals surface area contributed by atoms with E-state index in [4.69, 9.17) is 11.1 Å². The maximum absolute atomic E-state index is 12.0. The van der Waals surface area contributed by atoms with Crippen molar-refractivity contribution in [3.05, 3.63) is 0 Å². The van der Waals surface area contributed by atoms with Gasteiger partial charge in [-0.2, -0.15) is 0 Å². The van der Waals surface area contributed by atoms with Gasteiger partial charge in [0.15, 0.2) is 11.9 Å². The molecule has 0 aromatic rings. The lowest BCUT2D eigenvalue weighted by atomic mass is 9.97. The summed E-state index contributed by atoms with van der Waals surface area (Å²) in [5.74, 6) is -1.15. The third-order valence-electron chi connectivity index (χ3n) is 5.34. The number of carbonyl (C=O) groups excluding carboxylic acids is 2. The molecule has 0 bridgehead atoms. The van der Waals surface area contributed by atoms with Crippen LogP contribution in [0.25, 0.3) is 0 Å². The fraction of sp³-hybridized carbons (Fsp3) is 0.818. The summed E-state index contributed by atoms with van der Waals surface area (Å²) in [6, 6.07) is 0. The van der Waals surface area contributed by atoms with Crippen LogP contribution in [-0.4, -0.2) is 95.3 Å². The third-order valence-corrected chi connectivity index (χ3v) is 5.34. The summed E-state index contributed by atoms with van der Waals surface area (Å²) >= 11 is 0. The molecule has 0 saturated heterocycles. The number of carbonyl (C=O) groups is 2. The number of rotatable bonds is 20. The second-order valence-electron chi connectivity index (χ2n) is 8.21. The lowest BCUT2D eigenvalue weighted by Gasteiger charge is -2.24. The van der Waals surface area contributed by atoms with Gasteiger partial charge in [-0.1, -0.05) is 12.8 Å². The lowest BCUT2D eigenvalue weighted by Crippen LogP contribution is -2.52. The SMILES string of the molecule is CNCCCC(=[NH2+])CCCCCCC(N)=NCCCC(=O)[C@H](O)[C@@H](O)[C@@H](O)[C@H](O)C(=O)NC. The number of aliphatic hydroxyl groups is 4. The zero-order chi connectivity index (χ0) is 25.2. The highest BCUT2D eigenvalue weighted by molar-refractivity contribution is 5.84. The van der Waals surface area contributed by atoms with Crippen molar-refractivity contribution >= 4 is 23.2 Å². The Bertz CT molecular complexity index is 616. The quantitative estimate of drug-likeness (QED) is 0.0533. The second kappa shape index (κ2) is 18.5. The normalized spacial score (nSPS) is 15.5. The number of amidine groups is 1. The molecule has 0 spiro atoms. The molecule has 0 aromatic heterocycles. The minimum Gasteiger partial charge on any atom is -0.387 e. The van der Waals surface area contributed by atoms with Crippen LogP contribution in [0.3, 0.4) is 0 Å². The predicted molar refractivity (Wildman–Crippen MR) is 127 cm³/mol. The topological polar surface area (TPSA) is 203 Å². The Labute approximate surface area is 196 Å². The largest absolute Gasteiger partial charge is 0.387 e. The van der Waals surface area contributed by atoms with E-state index in [0.29, 0.717) is 25.2 Å². The molecule has 0 aliphatic heterocycles. The first-order valence-corrected chi connectivity index (χ1v) is 11.7. The van der Waals surface area contributed by atoms with Crippen LogP contribution >= 0.6 is 0 Å². The van der Waals surface area contributed by atoms with Gasteiger partial charge in [-0.25, -0.2) is 0 Å². The van der Waals surface area contributed by atoms with E-state index < -0.39 is 36.1 Å². The first-order valence-electron chi connectivity index (χ1n) is 11.7. The van der Waals surface area contributed by atoms with E-state index in [9.17, 15) is 30.0 Å². The van der Waals surface area contributed by atoms with Crippen molar-refractivity contribution in [1.29, 1.82) is 0 Å². The van der Waals surface area contributed by atoms with Crippen LogP contribution in [0, 0.1) is 0 Å². The smallest absolute Gasteiger partial charge is 0.251 e. The first-order chi connectivity index (χ1) is 15.6. The number of nitrogens with two attached hydrogens (primary N) is 2. The predicted octanol–water partition coefficient (Wildman–Crippen LogP) is -2.58. The zero-order valence-electron chi connectivity index (χ0n) is 20.0. The Morgan fingerprint density at radius 3 is 2.03 bits per heavy atom. The molecule has 0 aromatic carbocycles. The van der Waals surface area contributed by atoms with Crippen LogP contribution in [0.15, 0.2) is 4.99 Å². The van der Waals surface area contributed by atoms with E-state index in [1.54, 1.807) is 0 Å². The number of nitrogens with zero attached hydrogens (tertiary/aromatic N) is 1. The molecule has 0 saturated carbocycles. The fourth-order valence-corrected chi connectivity index (χ4v) is 3.20. The zero-order valence-corrected chi connectivity index (χ0v) is 20.0. The Hall–Kier alpha value is -1.92. The highest BCUT2D eigenvalue weighted by Crippen LogP contribution is 2.10. The molecule has 4 atom stereocenters. The Morgan fingerprint density at radius 2 is 1.42 bits per heavy atom. The van der Waals surface area contributed by atoms with Gasteiger partial charge < -0.3 is 36.8 Å². The Morgan fingerprint density at radius 1 is 0.848 bits per heavy atom. The average molecular weight is 475 g/mol. The van der Waals surface area contributed by atoms with E-state index in [1.165, 1.54) is 7.05 Å². The summed E-state index contributed by atoms with van der Waals surface area (Å²) in [5.41, 5.74) is 6.94. The molecule has 0 heterocycles. The summed E-state index contributed by atoms with van der Waals surface area (Å²) in [4.78, 5) is 27.5. The van der Waals surface area contributed by atoms with Crippen molar-refractivity contribution in [2.24, 2.45) is 10.7 Å². The van der Waals surface area contributed by atoms with Crippen LogP contribution in [0.5, 0.6) is 0 Å². The van der Waals surface area contributed by atoms with Gasteiger partial charge in [-0.15, -0.1) is 0 Å². The number of unbranched alkanes of at least 4 members (excludes halogenated alkanes) is 3. The molecule has 1 amide bonds. The van der Waals surface area contributed by atoms with E-state index in [2.05, 4.69) is 15.6 Å². The average Bonchev–Trinajstić information content (AvgIpc) is 2.81. The van der Waals surface area contributed by atoms with Crippen molar-refractivity contribution in [2.75, 3.05) is 27.2 Å². The number of nitrogens with one attached hydrogen (secondary N) is 2. The van der Waals surface area contributed by atoms with Gasteiger partial charge in [0.05, 0.1) is 5.84 Å². The number of aliphatic hydroxyl groups excluding tert-OH is 4. The minimum atomic E-state index is -2.00. The van der Waals surface area contributed by atoms with Gasteiger partial charge in [0.1, 0.15) is 24.0 Å². The molecular weight excluding hydrogens is 430 g/mol. The molecule has 0 radical (unpaired) electrons. The van der Waals surface area contributed by atoms with Crippen molar-refractivity contribution in [1.82, 2.24) is 10.6 Å². The van der Waals surface area contributed by atoms with Crippen molar-refractivity contribution in [2.45, 2.75) is 88.6 Å². The maximum atomic E-state index is 12.0. The van der Waals surface area contributed by atoms with E-state index >= 15 is 0 Å². The molecule has 0 rings (SSSR count). The van der Waals surface area contributed by atoms with Crippen LogP contribution in [0.1, 0.15) is 64.2 Å². The van der Waals surface area contributed by atoms with Crippen molar-refractivity contribution in [3.8, 4) is 0 Å². The molecule has 11 nitrogen and oxygen atoms in total. The molecule has 11 heteroatoms. The van der Waals surface area contributed by atoms with Gasteiger partial charge in [-0.3, -0.25) is 20.0 Å². The number of ketones is 1. The number of aliphatic imine (C=N–C) groups is 1. The molecule has 0 fully saturated rings. The number of hydrogen-bond acceptors (Lipinski definition) is 8. The molecular formula is C22H44N5O6+. The summed E-state index contributed by atoms with van der Waals surface area (Å²) in [5, 5.41) is 50.2. The highest BCUT2D eigenvalue weighted by atomic mass is 16.4. The van der Waals surface area contributed by atoms with Gasteiger partial charge in [0.2, 0.25) is 0 Å². The third kappa shape index (κ3) is 14.1. The van der Waals surface area contributed by atoms with Gasteiger partial charge in [-0.05, 0) is 39.3 Å². The summed E-state index contributed by atoms with van der Waals surface area (Å²) in [6.45, 7) is 1.27. The lowest BCUT2D eigenvalue weighted by molar-refractivity contribution is -0.154. The number of likely N-dealkylation sites (N-methyl/N-ethyl adjacent to an activating group) is 1. The molecule has 192 valence electrons. The fourth-order valence-electron chi connectivity index (χ4n) is 3.20. The van der Waals surface area contributed by atoms with Crippen molar-refractivity contribution in [3.63, 3.8) is 0 Å². The van der Waals surface area contributed by atoms with Gasteiger partial charge in [0.25, 0.3) is 5.91 Å². The van der Waals surface area contributed by atoms with Crippen LogP contribution in [-0.2, 0) is 9.59 Å². The monoisotopic (exact) mass is 474 g/mol.